The van der Waals surface area contributed by atoms with Crippen LogP contribution < -0.4 is 18.9 Å². The maximum Gasteiger partial charge on any atom is 0.197 e. The first-order valence-corrected chi connectivity index (χ1v) is 16.0. The van der Waals surface area contributed by atoms with Crippen LogP contribution in [0.15, 0.2) is 59.1 Å². The van der Waals surface area contributed by atoms with Gasteiger partial charge in [0.1, 0.15) is 23.0 Å². The van der Waals surface area contributed by atoms with Gasteiger partial charge >= 0.3 is 0 Å². The van der Waals surface area contributed by atoms with Crippen molar-refractivity contribution < 1.29 is 54.8 Å². The van der Waals surface area contributed by atoms with Crippen molar-refractivity contribution in [3.05, 3.63) is 82.4 Å². The van der Waals surface area contributed by atoms with Crippen LogP contribution in [0.25, 0.3) is 22.1 Å². The summed E-state index contributed by atoms with van der Waals surface area (Å²) in [7, 11) is -7.15. The van der Waals surface area contributed by atoms with Gasteiger partial charge in [0.2, 0.25) is 0 Å². The third-order valence-electron chi connectivity index (χ3n) is 6.56. The zero-order chi connectivity index (χ0) is 51.3. The predicted molar refractivity (Wildman–Crippen MR) is 186 cm³/mol. The van der Waals surface area contributed by atoms with Crippen LogP contribution >= 0.6 is 0 Å². The topological polar surface area (TPSA) is 154 Å². The van der Waals surface area contributed by atoms with Crippen molar-refractivity contribution >= 4 is 43.7 Å². The number of imidazole rings is 2. The van der Waals surface area contributed by atoms with E-state index in [1.807, 2.05) is 0 Å². The van der Waals surface area contributed by atoms with Crippen molar-refractivity contribution in [1.82, 2.24) is 29.9 Å². The van der Waals surface area contributed by atoms with Gasteiger partial charge in [-0.15, -0.1) is 0 Å². The molecule has 0 spiro atoms. The molecule has 14 heteroatoms. The summed E-state index contributed by atoms with van der Waals surface area (Å²) in [5.41, 5.74) is -1.63. The summed E-state index contributed by atoms with van der Waals surface area (Å²) in [6, 6.07) is 8.38. The highest BCUT2D eigenvalue weighted by Crippen LogP contribution is 2.28. The first-order chi connectivity index (χ1) is 31.0. The molecule has 0 amide bonds. The number of methoxy groups -OCH3 is 4. The minimum absolute atomic E-state index is 0.0312. The van der Waals surface area contributed by atoms with Crippen LogP contribution in [0, 0.1) is 27.4 Å². The Morgan fingerprint density at radius 1 is 0.688 bits per heavy atom. The quantitative estimate of drug-likeness (QED) is 0.178. The molecule has 1 unspecified atom stereocenters. The normalized spacial score (nSPS) is 20.0. The molecule has 0 saturated heterocycles. The Morgan fingerprint density at radius 3 is 1.52 bits per heavy atom. The molecule has 2 atom stereocenters. The maximum atomic E-state index is 13.0. The van der Waals surface area contributed by atoms with Crippen LogP contribution in [-0.4, -0.2) is 66.6 Å². The number of pyridine rings is 2. The number of H-pyrrole nitrogens is 2. The van der Waals surface area contributed by atoms with Crippen molar-refractivity contribution in [1.29, 1.82) is 0 Å². The lowest BCUT2D eigenvalue weighted by Gasteiger charge is -2.11. The van der Waals surface area contributed by atoms with E-state index < -0.39 is 121 Å². The van der Waals surface area contributed by atoms with E-state index in [1.54, 1.807) is 0 Å². The van der Waals surface area contributed by atoms with Crippen LogP contribution in [0.2, 0.25) is 0 Å². The van der Waals surface area contributed by atoms with E-state index in [1.165, 1.54) is 36.4 Å². The van der Waals surface area contributed by atoms with Crippen LogP contribution in [0.3, 0.4) is 0 Å². The Bertz CT molecular complexity index is 2700. The highest BCUT2D eigenvalue weighted by atomic mass is 32.2. The first-order valence-electron chi connectivity index (χ1n) is 23.3. The third kappa shape index (κ3) is 7.34. The van der Waals surface area contributed by atoms with Crippen molar-refractivity contribution in [2.24, 2.45) is 0 Å². The molecule has 2 aromatic carbocycles. The zero-order valence-electron chi connectivity index (χ0n) is 44.9. The third-order valence-corrected chi connectivity index (χ3v) is 8.89. The summed E-state index contributed by atoms with van der Waals surface area (Å²) in [6.45, 7) is -11.5. The second-order valence-electron chi connectivity index (χ2n) is 9.53. The van der Waals surface area contributed by atoms with Gasteiger partial charge in [-0.05, 0) is 51.7 Å². The van der Waals surface area contributed by atoms with Crippen molar-refractivity contribution in [3.63, 3.8) is 0 Å². The fraction of sp³-hybridized carbons (Fsp3) is 0.294. The lowest BCUT2D eigenvalue weighted by molar-refractivity contribution is 0.407. The van der Waals surface area contributed by atoms with Gasteiger partial charge in [0, 0.05) is 63.2 Å². The SMILES string of the molecule is [2H]c1nc(CS(=O)c2nc3ccc(OC([2H])([2H])[2H])cc3[nH]2)c(C([2H])([2H])[2H])c(OC)c1C([2H])([2H])[2H].[2H]c1nc(C[S@](=O)c2nc3ccc(OC([2H])([2H])[2H])cc3[nH]2)c(C([2H])([2H])[2H])c(OC)c1C([2H])([2H])[2H]. The summed E-state index contributed by atoms with van der Waals surface area (Å²) in [4.78, 5) is 21.6. The molecule has 6 rings (SSSR count). The average molecular weight is 711 g/mol. The van der Waals surface area contributed by atoms with Crippen molar-refractivity contribution in [2.45, 2.75) is 49.2 Å². The molecule has 0 radical (unpaired) electrons. The molecule has 0 aliphatic carbocycles. The van der Waals surface area contributed by atoms with Crippen LogP contribution in [0.4, 0.5) is 0 Å². The molecule has 4 aromatic heterocycles. The van der Waals surface area contributed by atoms with E-state index in [0.717, 1.165) is 14.2 Å². The molecule has 0 fully saturated rings. The van der Waals surface area contributed by atoms with Gasteiger partial charge in [-0.3, -0.25) is 18.4 Å². The average Bonchev–Trinajstić information content (AvgIpc) is 3.78. The van der Waals surface area contributed by atoms with E-state index in [-0.39, 0.29) is 33.2 Å². The van der Waals surface area contributed by atoms with E-state index in [4.69, 9.17) is 46.4 Å². The molecule has 0 aliphatic heterocycles. The number of ether oxygens (including phenoxy) is 4. The monoisotopic (exact) mass is 710 g/mol. The number of hydrogen-bond donors (Lipinski definition) is 2. The van der Waals surface area contributed by atoms with Crippen molar-refractivity contribution in [3.8, 4) is 23.0 Å². The van der Waals surface area contributed by atoms with Crippen molar-refractivity contribution in [2.75, 3.05) is 28.3 Å². The molecule has 252 valence electrons. The number of rotatable bonds is 10. The molecule has 12 nitrogen and oxygen atoms in total. The van der Waals surface area contributed by atoms with E-state index >= 15 is 0 Å². The summed E-state index contributed by atoms with van der Waals surface area (Å²) < 4.78 is 198. The van der Waals surface area contributed by atoms with Crippen LogP contribution in [-0.2, 0) is 33.1 Å². The van der Waals surface area contributed by atoms with Gasteiger partial charge in [0.15, 0.2) is 10.3 Å². The van der Waals surface area contributed by atoms with E-state index in [2.05, 4.69) is 29.9 Å². The fourth-order valence-corrected chi connectivity index (χ4v) is 6.28. The highest BCUT2D eigenvalue weighted by Gasteiger charge is 2.18. The number of aromatic amines is 2. The second kappa shape index (κ2) is 14.9. The van der Waals surface area contributed by atoms with Crippen LogP contribution in [0.5, 0.6) is 23.0 Å². The van der Waals surface area contributed by atoms with Gasteiger partial charge in [0.05, 0.1) is 106 Å². The molecule has 0 saturated carbocycles. The molecular formula is C34H38N6O6S2. The van der Waals surface area contributed by atoms with E-state index in [0.29, 0.717) is 22.1 Å². The lowest BCUT2D eigenvalue weighted by atomic mass is 10.1. The highest BCUT2D eigenvalue weighted by molar-refractivity contribution is 7.84. The molecule has 48 heavy (non-hydrogen) atoms. The van der Waals surface area contributed by atoms with Gasteiger partial charge < -0.3 is 28.9 Å². The Kier molecular flexibility index (Phi) is 5.30. The summed E-state index contributed by atoms with van der Waals surface area (Å²) >= 11 is 0. The molecule has 4 heterocycles. The number of aromatic nitrogens is 6. The van der Waals surface area contributed by atoms with Gasteiger partial charge in [-0.1, -0.05) is 0 Å². The number of nitrogens with zero attached hydrogens (tertiary/aromatic N) is 4. The Labute approximate surface area is 311 Å². The standard InChI is InChI=1S/2C17H19N3O3S/c2*1-10-8-18-15(11(2)16(10)23-4)9-24(21)17-19-13-6-5-12(22-3)7-14(13)20-17/h2*5-8H,9H2,1-4H3,(H,19,20)/t24-;/m0./s1/i2*1D3,2D3,3D3,8D. The lowest BCUT2D eigenvalue weighted by Crippen LogP contribution is -2.05. The number of nitrogens with one attached hydrogen (secondary N) is 2. The summed E-state index contributed by atoms with van der Waals surface area (Å²) in [5.74, 6) is -2.00. The molecule has 6 aromatic rings. The Balaban J connectivity index is 0.000000254. The molecule has 2 N–H and O–H groups in total. The maximum absolute atomic E-state index is 13.0. The summed E-state index contributed by atoms with van der Waals surface area (Å²) in [5, 5.41) is -0.130. The van der Waals surface area contributed by atoms with Crippen LogP contribution in [0.1, 0.15) is 61.1 Å². The second-order valence-corrected chi connectivity index (χ2v) is 12.3. The minimum atomic E-state index is -2.87. The fourth-order valence-electron chi connectivity index (χ4n) is 4.25. The predicted octanol–water partition coefficient (Wildman–Crippen LogP) is 5.80. The smallest absolute Gasteiger partial charge is 0.197 e. The first kappa shape index (κ1) is 17.0. The largest absolute Gasteiger partial charge is 0.497 e. The van der Waals surface area contributed by atoms with Gasteiger partial charge in [-0.25, -0.2) is 9.97 Å². The van der Waals surface area contributed by atoms with Gasteiger partial charge in [-0.2, -0.15) is 0 Å². The number of hydrogen-bond acceptors (Lipinski definition) is 10. The minimum Gasteiger partial charge on any atom is -0.497 e. The Hall–Kier alpha value is -4.82. The molecule has 0 aliphatic rings. The Morgan fingerprint density at radius 2 is 1.15 bits per heavy atom. The molecule has 0 bridgehead atoms. The number of fused-ring (bicyclic) bond motifs is 2. The number of benzene rings is 2. The zero-order valence-corrected chi connectivity index (χ0v) is 26.6. The van der Waals surface area contributed by atoms with Gasteiger partial charge in [0.25, 0.3) is 0 Å². The molecular weight excluding hydrogens is 653 g/mol. The van der Waals surface area contributed by atoms with E-state index in [9.17, 15) is 8.42 Å². The summed E-state index contributed by atoms with van der Waals surface area (Å²) in [6.07, 6.45) is -1.43.